The van der Waals surface area contributed by atoms with Gasteiger partial charge in [0.05, 0.1) is 23.2 Å². The maximum absolute atomic E-state index is 12.3. The first kappa shape index (κ1) is 15.2. The highest BCUT2D eigenvalue weighted by Crippen LogP contribution is 2.14. The van der Waals surface area contributed by atoms with Crippen LogP contribution in [0.5, 0.6) is 0 Å². The number of nitrogens with zero attached hydrogens (tertiary/aromatic N) is 2. The number of benzene rings is 1. The molecule has 2 heterocycles. The molecule has 0 bridgehead atoms. The zero-order chi connectivity index (χ0) is 16.6. The van der Waals surface area contributed by atoms with Gasteiger partial charge in [0.25, 0.3) is 11.5 Å². The Hall–Kier alpha value is -2.67. The Morgan fingerprint density at radius 2 is 2.13 bits per heavy atom. The third kappa shape index (κ3) is 2.70. The first-order chi connectivity index (χ1) is 11.0. The van der Waals surface area contributed by atoms with Crippen LogP contribution in [-0.2, 0) is 0 Å². The van der Waals surface area contributed by atoms with Crippen molar-refractivity contribution in [2.75, 3.05) is 6.54 Å². The van der Waals surface area contributed by atoms with Crippen molar-refractivity contribution in [2.45, 2.75) is 20.0 Å². The van der Waals surface area contributed by atoms with E-state index in [4.69, 9.17) is 0 Å². The van der Waals surface area contributed by atoms with Crippen molar-refractivity contribution in [3.05, 3.63) is 46.4 Å². The Morgan fingerprint density at radius 3 is 2.87 bits per heavy atom. The highest BCUT2D eigenvalue weighted by molar-refractivity contribution is 6.00. The number of rotatable bonds is 4. The van der Waals surface area contributed by atoms with E-state index in [0.29, 0.717) is 16.6 Å². The van der Waals surface area contributed by atoms with Gasteiger partial charge in [0, 0.05) is 6.54 Å². The number of nitrogens with one attached hydrogen (secondary N) is 2. The molecule has 3 rings (SSSR count). The second kappa shape index (κ2) is 5.85. The van der Waals surface area contributed by atoms with Gasteiger partial charge < -0.3 is 15.4 Å². The molecule has 1 aromatic carbocycles. The van der Waals surface area contributed by atoms with E-state index < -0.39 is 6.10 Å². The number of H-pyrrole nitrogens is 1. The van der Waals surface area contributed by atoms with E-state index in [1.54, 1.807) is 18.2 Å². The van der Waals surface area contributed by atoms with E-state index in [-0.39, 0.29) is 29.5 Å². The number of carbonyl (C=O) groups excluding carboxylic acids is 1. The second-order valence-corrected chi connectivity index (χ2v) is 5.81. The summed E-state index contributed by atoms with van der Waals surface area (Å²) in [6.07, 6.45) is 0.787. The van der Waals surface area contributed by atoms with Crippen LogP contribution in [0.3, 0.4) is 0 Å². The summed E-state index contributed by atoms with van der Waals surface area (Å²) in [6, 6.07) is 7.05. The molecule has 3 aromatic rings. The summed E-state index contributed by atoms with van der Waals surface area (Å²) >= 11 is 0. The largest absolute Gasteiger partial charge is 0.391 e. The van der Waals surface area contributed by atoms with Gasteiger partial charge in [-0.1, -0.05) is 26.0 Å². The fourth-order valence-corrected chi connectivity index (χ4v) is 2.37. The van der Waals surface area contributed by atoms with Crippen LogP contribution >= 0.6 is 0 Å². The molecule has 0 aliphatic heterocycles. The molecule has 1 amide bonds. The third-order valence-electron chi connectivity index (χ3n) is 3.86. The molecular weight excluding hydrogens is 296 g/mol. The van der Waals surface area contributed by atoms with Gasteiger partial charge >= 0.3 is 0 Å². The van der Waals surface area contributed by atoms with Gasteiger partial charge in [0.1, 0.15) is 11.2 Å². The molecule has 2 aromatic heterocycles. The second-order valence-electron chi connectivity index (χ2n) is 5.81. The van der Waals surface area contributed by atoms with Crippen molar-refractivity contribution >= 4 is 22.5 Å². The molecular formula is C16H18N4O3. The average Bonchev–Trinajstić information content (AvgIpc) is 2.96. The Balaban J connectivity index is 2.00. The number of hydrogen-bond acceptors (Lipinski definition) is 4. The lowest BCUT2D eigenvalue weighted by Crippen LogP contribution is -2.34. The minimum atomic E-state index is -0.624. The zero-order valence-corrected chi connectivity index (χ0v) is 12.9. The fourth-order valence-electron chi connectivity index (χ4n) is 2.37. The van der Waals surface area contributed by atoms with Crippen LogP contribution in [-0.4, -0.2) is 38.3 Å². The monoisotopic (exact) mass is 314 g/mol. The van der Waals surface area contributed by atoms with Crippen LogP contribution in [0.2, 0.25) is 0 Å². The van der Waals surface area contributed by atoms with Gasteiger partial charge in [-0.15, -0.1) is 0 Å². The smallest absolute Gasteiger partial charge is 0.259 e. The number of para-hydroxylation sites is 1. The van der Waals surface area contributed by atoms with Crippen molar-refractivity contribution < 1.29 is 9.90 Å². The number of aromatic nitrogens is 3. The lowest BCUT2D eigenvalue weighted by molar-refractivity contribution is 0.0873. The lowest BCUT2D eigenvalue weighted by Gasteiger charge is -2.14. The molecule has 0 aliphatic carbocycles. The van der Waals surface area contributed by atoms with E-state index >= 15 is 0 Å². The number of carbonyl (C=O) groups is 1. The first-order valence-corrected chi connectivity index (χ1v) is 7.44. The van der Waals surface area contributed by atoms with E-state index in [1.807, 2.05) is 19.9 Å². The van der Waals surface area contributed by atoms with Gasteiger partial charge in [0.2, 0.25) is 0 Å². The van der Waals surface area contributed by atoms with Gasteiger partial charge in [-0.3, -0.25) is 9.59 Å². The van der Waals surface area contributed by atoms with Crippen LogP contribution in [0.15, 0.2) is 35.3 Å². The number of aliphatic hydroxyl groups excluding tert-OH is 1. The molecule has 1 atom stereocenters. The summed E-state index contributed by atoms with van der Waals surface area (Å²) in [5.41, 5.74) is 0.964. The molecule has 0 saturated heterocycles. The first-order valence-electron chi connectivity index (χ1n) is 7.44. The standard InChI is InChI=1S/C16H18N4O3/c1-9(2)13(21)8-17-15(22)11-7-18-20-12-6-4-3-5-10(12)16(23)19-14(11)20/h3-7,9,13,21H,8H2,1-2H3,(H,17,22)(H,19,23). The van der Waals surface area contributed by atoms with Gasteiger partial charge in [0.15, 0.2) is 0 Å². The quantitative estimate of drug-likeness (QED) is 0.667. The minimum Gasteiger partial charge on any atom is -0.391 e. The van der Waals surface area contributed by atoms with Crippen molar-refractivity contribution in [2.24, 2.45) is 5.92 Å². The number of aromatic amines is 1. The molecule has 23 heavy (non-hydrogen) atoms. The lowest BCUT2D eigenvalue weighted by atomic mass is 10.1. The van der Waals surface area contributed by atoms with E-state index in [2.05, 4.69) is 15.4 Å². The zero-order valence-electron chi connectivity index (χ0n) is 12.9. The minimum absolute atomic E-state index is 0.0444. The number of aliphatic hydroxyl groups is 1. The topological polar surface area (TPSA) is 99.5 Å². The predicted molar refractivity (Wildman–Crippen MR) is 86.5 cm³/mol. The van der Waals surface area contributed by atoms with E-state index in [1.165, 1.54) is 10.7 Å². The van der Waals surface area contributed by atoms with Crippen LogP contribution in [0.25, 0.3) is 16.6 Å². The summed E-state index contributed by atoms with van der Waals surface area (Å²) in [4.78, 5) is 27.1. The number of amides is 1. The number of fused-ring (bicyclic) bond motifs is 3. The maximum Gasteiger partial charge on any atom is 0.259 e. The summed E-state index contributed by atoms with van der Waals surface area (Å²) in [6.45, 7) is 3.89. The van der Waals surface area contributed by atoms with Crippen LogP contribution in [0.4, 0.5) is 0 Å². The highest BCUT2D eigenvalue weighted by atomic mass is 16.3. The molecule has 120 valence electrons. The van der Waals surface area contributed by atoms with Gasteiger partial charge in [-0.05, 0) is 18.1 Å². The van der Waals surface area contributed by atoms with Crippen molar-refractivity contribution in [3.63, 3.8) is 0 Å². The van der Waals surface area contributed by atoms with E-state index in [9.17, 15) is 14.7 Å². The normalized spacial score (nSPS) is 12.9. The maximum atomic E-state index is 12.3. The molecule has 0 spiro atoms. The Labute approximate surface area is 131 Å². The molecule has 3 N–H and O–H groups in total. The summed E-state index contributed by atoms with van der Waals surface area (Å²) in [7, 11) is 0. The predicted octanol–water partition coefficient (Wildman–Crippen LogP) is 0.922. The van der Waals surface area contributed by atoms with Crippen molar-refractivity contribution in [3.8, 4) is 0 Å². The van der Waals surface area contributed by atoms with Crippen molar-refractivity contribution in [1.82, 2.24) is 19.9 Å². The average molecular weight is 314 g/mol. The fraction of sp³-hybridized carbons (Fsp3) is 0.312. The molecule has 7 nitrogen and oxygen atoms in total. The molecule has 0 radical (unpaired) electrons. The van der Waals surface area contributed by atoms with Gasteiger partial charge in [-0.2, -0.15) is 5.10 Å². The van der Waals surface area contributed by atoms with Crippen molar-refractivity contribution in [1.29, 1.82) is 0 Å². The summed E-state index contributed by atoms with van der Waals surface area (Å²) in [5, 5.41) is 17.1. The van der Waals surface area contributed by atoms with Gasteiger partial charge in [-0.25, -0.2) is 4.52 Å². The van der Waals surface area contributed by atoms with Crippen LogP contribution < -0.4 is 10.9 Å². The molecule has 0 aliphatic rings. The Kier molecular flexibility index (Phi) is 3.87. The third-order valence-corrected chi connectivity index (χ3v) is 3.86. The summed E-state index contributed by atoms with van der Waals surface area (Å²) in [5.74, 6) is -0.339. The molecule has 7 heteroatoms. The molecule has 1 unspecified atom stereocenters. The number of hydrogen-bond donors (Lipinski definition) is 3. The SMILES string of the molecule is CC(C)C(O)CNC(=O)c1cnn2c1[nH]c(=O)c1ccccc12. The Bertz CT molecular complexity index is 926. The molecule has 0 saturated carbocycles. The highest BCUT2D eigenvalue weighted by Gasteiger charge is 2.17. The molecule has 0 fully saturated rings. The summed E-state index contributed by atoms with van der Waals surface area (Å²) < 4.78 is 1.53. The van der Waals surface area contributed by atoms with E-state index in [0.717, 1.165) is 0 Å². The van der Waals surface area contributed by atoms with Crippen LogP contribution in [0.1, 0.15) is 24.2 Å². The van der Waals surface area contributed by atoms with Crippen LogP contribution in [0, 0.1) is 5.92 Å². The Morgan fingerprint density at radius 1 is 1.39 bits per heavy atom.